The first-order chi connectivity index (χ1) is 16.3. The van der Waals surface area contributed by atoms with E-state index in [1.807, 2.05) is 11.8 Å². The number of anilines is 2. The number of carbonyl (C=O) groups excluding carboxylic acids is 4. The normalized spacial score (nSPS) is 29.4. The number of nitrogens with one attached hydrogen (secondary N) is 1. The molecular formula is C25H22ClN3O5. The van der Waals surface area contributed by atoms with Crippen molar-refractivity contribution in [1.29, 1.82) is 0 Å². The molecule has 1 spiro atoms. The Hall–Kier alpha value is -3.23. The number of aryl methyl sites for hydroxylation is 1. The molecule has 9 heteroatoms. The third-order valence-electron chi connectivity index (χ3n) is 7.81. The van der Waals surface area contributed by atoms with E-state index in [0.29, 0.717) is 29.2 Å². The van der Waals surface area contributed by atoms with E-state index in [2.05, 4.69) is 5.32 Å². The van der Waals surface area contributed by atoms with Crippen molar-refractivity contribution in [3.8, 4) is 0 Å². The maximum absolute atomic E-state index is 14.1. The minimum absolute atomic E-state index is 0.124. The van der Waals surface area contributed by atoms with Crippen LogP contribution in [0, 0.1) is 18.8 Å². The van der Waals surface area contributed by atoms with Crippen molar-refractivity contribution in [2.24, 2.45) is 11.8 Å². The van der Waals surface area contributed by atoms with E-state index < -0.39 is 29.3 Å². The van der Waals surface area contributed by atoms with Gasteiger partial charge in [-0.1, -0.05) is 23.7 Å². The van der Waals surface area contributed by atoms with E-state index >= 15 is 0 Å². The average molecular weight is 480 g/mol. The highest BCUT2D eigenvalue weighted by atomic mass is 35.5. The number of hydrogen-bond acceptors (Lipinski definition) is 6. The molecule has 4 atom stereocenters. The van der Waals surface area contributed by atoms with Crippen LogP contribution in [0.1, 0.15) is 34.3 Å². The molecule has 2 aromatic rings. The summed E-state index contributed by atoms with van der Waals surface area (Å²) in [5, 5.41) is 3.45. The molecule has 0 aromatic heterocycles. The molecule has 174 valence electrons. The van der Waals surface area contributed by atoms with Gasteiger partial charge in [-0.15, -0.1) is 0 Å². The quantitative estimate of drug-likeness (QED) is 0.525. The number of esters is 1. The molecule has 0 unspecified atom stereocenters. The maximum Gasteiger partial charge on any atom is 0.339 e. The standard InChI is InChI=1S/C25H22ClN3O5/c1-12-10-13(26)11-15-20(12)27-24(33)25(15)19-18(17-8-5-9-28(17)25)21(30)29(22(19)31)16-7-4-3-6-14(16)23(32)34-2/h3-4,6-7,10-11,17-19H,5,8-9H2,1-2H3,(H,27,33)/t17-,18-,19-,25+/m1/s1. The lowest BCUT2D eigenvalue weighted by atomic mass is 9.75. The Morgan fingerprint density at radius 2 is 1.94 bits per heavy atom. The summed E-state index contributed by atoms with van der Waals surface area (Å²) < 4.78 is 4.88. The monoisotopic (exact) mass is 479 g/mol. The summed E-state index contributed by atoms with van der Waals surface area (Å²) in [4.78, 5) is 57.3. The van der Waals surface area contributed by atoms with Crippen molar-refractivity contribution >= 4 is 46.7 Å². The fraction of sp³-hybridized carbons (Fsp3) is 0.360. The van der Waals surface area contributed by atoms with Gasteiger partial charge in [-0.2, -0.15) is 0 Å². The molecule has 1 N–H and O–H groups in total. The molecule has 0 saturated carbocycles. The van der Waals surface area contributed by atoms with Gasteiger partial charge in [-0.3, -0.25) is 19.3 Å². The van der Waals surface area contributed by atoms with Crippen LogP contribution in [0.4, 0.5) is 11.4 Å². The zero-order valence-electron chi connectivity index (χ0n) is 18.6. The van der Waals surface area contributed by atoms with Crippen molar-refractivity contribution < 1.29 is 23.9 Å². The van der Waals surface area contributed by atoms with E-state index in [0.717, 1.165) is 16.9 Å². The molecule has 2 aromatic carbocycles. The third kappa shape index (κ3) is 2.42. The molecule has 4 heterocycles. The Balaban J connectivity index is 1.57. The molecule has 3 saturated heterocycles. The van der Waals surface area contributed by atoms with Crippen LogP contribution in [0.5, 0.6) is 0 Å². The van der Waals surface area contributed by atoms with Gasteiger partial charge >= 0.3 is 5.97 Å². The molecule has 34 heavy (non-hydrogen) atoms. The zero-order chi connectivity index (χ0) is 23.9. The van der Waals surface area contributed by atoms with E-state index in [4.69, 9.17) is 16.3 Å². The highest BCUT2D eigenvalue weighted by Gasteiger charge is 2.74. The summed E-state index contributed by atoms with van der Waals surface area (Å²) in [7, 11) is 1.25. The number of halogens is 1. The zero-order valence-corrected chi connectivity index (χ0v) is 19.4. The van der Waals surface area contributed by atoms with Gasteiger partial charge in [0.2, 0.25) is 17.7 Å². The van der Waals surface area contributed by atoms with Gasteiger partial charge in [0.15, 0.2) is 0 Å². The Morgan fingerprint density at radius 1 is 1.18 bits per heavy atom. The fourth-order valence-electron chi connectivity index (χ4n) is 6.62. The van der Waals surface area contributed by atoms with E-state index in [1.165, 1.54) is 13.2 Å². The molecule has 6 rings (SSSR count). The summed E-state index contributed by atoms with van der Waals surface area (Å²) >= 11 is 6.41. The van der Waals surface area contributed by atoms with Crippen molar-refractivity contribution in [3.05, 3.63) is 58.1 Å². The van der Waals surface area contributed by atoms with Crippen LogP contribution in [-0.2, 0) is 24.7 Å². The van der Waals surface area contributed by atoms with Gasteiger partial charge in [0.25, 0.3) is 0 Å². The Morgan fingerprint density at radius 3 is 2.71 bits per heavy atom. The Labute approximate surface area is 200 Å². The van der Waals surface area contributed by atoms with Crippen molar-refractivity contribution in [2.75, 3.05) is 23.9 Å². The predicted molar refractivity (Wildman–Crippen MR) is 123 cm³/mol. The second kappa shape index (κ2) is 7.13. The number of carbonyl (C=O) groups is 4. The van der Waals surface area contributed by atoms with Crippen LogP contribution in [0.25, 0.3) is 0 Å². The lowest BCUT2D eigenvalue weighted by molar-refractivity contribution is -0.135. The lowest BCUT2D eigenvalue weighted by Gasteiger charge is -2.36. The van der Waals surface area contributed by atoms with Crippen LogP contribution in [0.3, 0.4) is 0 Å². The van der Waals surface area contributed by atoms with Crippen molar-refractivity contribution in [1.82, 2.24) is 4.90 Å². The molecule has 0 radical (unpaired) electrons. The molecular weight excluding hydrogens is 458 g/mol. The SMILES string of the molecule is COC(=O)c1ccccc1N1C(=O)[C@@H]2[C@H]3CCCN3[C@]3(C(=O)Nc4c(C)cc(Cl)cc43)[C@H]2C1=O. The molecule has 4 aliphatic heterocycles. The van der Waals surface area contributed by atoms with Crippen LogP contribution < -0.4 is 10.2 Å². The summed E-state index contributed by atoms with van der Waals surface area (Å²) in [5.74, 6) is -3.44. The minimum atomic E-state index is -1.32. The van der Waals surface area contributed by atoms with Crippen molar-refractivity contribution in [2.45, 2.75) is 31.3 Å². The number of benzene rings is 2. The lowest BCUT2D eigenvalue weighted by Crippen LogP contribution is -2.54. The number of ether oxygens (including phenoxy) is 1. The number of rotatable bonds is 2. The van der Waals surface area contributed by atoms with Gasteiger partial charge in [-0.05, 0) is 56.1 Å². The summed E-state index contributed by atoms with van der Waals surface area (Å²) in [5.41, 5.74) is 1.08. The second-order valence-corrected chi connectivity index (χ2v) is 9.73. The van der Waals surface area contributed by atoms with Crippen LogP contribution in [0.15, 0.2) is 36.4 Å². The first-order valence-corrected chi connectivity index (χ1v) is 11.6. The molecule has 0 aliphatic carbocycles. The van der Waals surface area contributed by atoms with Gasteiger partial charge in [0, 0.05) is 22.3 Å². The van der Waals surface area contributed by atoms with Crippen molar-refractivity contribution in [3.63, 3.8) is 0 Å². The number of hydrogen-bond donors (Lipinski definition) is 1. The smallest absolute Gasteiger partial charge is 0.339 e. The second-order valence-electron chi connectivity index (χ2n) is 9.29. The molecule has 8 nitrogen and oxygen atoms in total. The third-order valence-corrected chi connectivity index (χ3v) is 8.03. The maximum atomic E-state index is 14.1. The number of para-hydroxylation sites is 1. The Bertz CT molecular complexity index is 1310. The van der Waals surface area contributed by atoms with Crippen LogP contribution >= 0.6 is 11.6 Å². The summed E-state index contributed by atoms with van der Waals surface area (Å²) in [6.07, 6.45) is 1.52. The highest BCUT2D eigenvalue weighted by molar-refractivity contribution is 6.31. The summed E-state index contributed by atoms with van der Waals surface area (Å²) in [6.45, 7) is 2.47. The molecule has 3 amide bonds. The van der Waals surface area contributed by atoms with E-state index in [-0.39, 0.29) is 29.1 Å². The Kier molecular flexibility index (Phi) is 4.47. The number of nitrogens with zero attached hydrogens (tertiary/aromatic N) is 2. The largest absolute Gasteiger partial charge is 0.465 e. The highest BCUT2D eigenvalue weighted by Crippen LogP contribution is 2.61. The summed E-state index contributed by atoms with van der Waals surface area (Å²) in [6, 6.07) is 9.64. The first-order valence-electron chi connectivity index (χ1n) is 11.3. The first kappa shape index (κ1) is 21.3. The van der Waals surface area contributed by atoms with Gasteiger partial charge in [0.1, 0.15) is 5.54 Å². The van der Waals surface area contributed by atoms with Gasteiger partial charge in [-0.25, -0.2) is 9.69 Å². The van der Waals surface area contributed by atoms with E-state index in [1.54, 1.807) is 30.3 Å². The number of methoxy groups -OCH3 is 1. The molecule has 0 bridgehead atoms. The van der Waals surface area contributed by atoms with Crippen LogP contribution in [0.2, 0.25) is 5.02 Å². The number of amides is 3. The molecule has 3 fully saturated rings. The minimum Gasteiger partial charge on any atom is -0.465 e. The molecule has 4 aliphatic rings. The fourth-order valence-corrected chi connectivity index (χ4v) is 6.90. The topological polar surface area (TPSA) is 96.0 Å². The van der Waals surface area contributed by atoms with Gasteiger partial charge < -0.3 is 10.1 Å². The van der Waals surface area contributed by atoms with E-state index in [9.17, 15) is 19.2 Å². The predicted octanol–water partition coefficient (Wildman–Crippen LogP) is 2.87. The number of fused-ring (bicyclic) bond motifs is 7. The van der Waals surface area contributed by atoms with Crippen LogP contribution in [-0.4, -0.2) is 48.3 Å². The van der Waals surface area contributed by atoms with Gasteiger partial charge in [0.05, 0.1) is 30.2 Å². The average Bonchev–Trinajstić information content (AvgIpc) is 3.52. The number of imide groups is 1.